The second-order valence-electron chi connectivity index (χ2n) is 6.16. The van der Waals surface area contributed by atoms with E-state index in [1.807, 2.05) is 12.4 Å². The van der Waals surface area contributed by atoms with Gasteiger partial charge in [-0.1, -0.05) is 20.8 Å². The van der Waals surface area contributed by atoms with Crippen LogP contribution < -0.4 is 5.73 Å². The number of nitrogens with zero attached hydrogens (tertiary/aromatic N) is 3. The van der Waals surface area contributed by atoms with E-state index in [0.717, 1.165) is 44.3 Å². The predicted octanol–water partition coefficient (Wildman–Crippen LogP) is 3.39. The first-order chi connectivity index (χ1) is 10.2. The first kappa shape index (κ1) is 16.0. The Kier molecular flexibility index (Phi) is 5.74. The Hall–Kier alpha value is -1.42. The van der Waals surface area contributed by atoms with E-state index in [-0.39, 0.29) is 0 Å². The summed E-state index contributed by atoms with van der Waals surface area (Å²) in [6.45, 7) is 8.60. The van der Waals surface area contributed by atoms with Crippen LogP contribution in [0.3, 0.4) is 0 Å². The van der Waals surface area contributed by atoms with Gasteiger partial charge in [0.15, 0.2) is 0 Å². The van der Waals surface area contributed by atoms with Crippen molar-refractivity contribution >= 4 is 11.0 Å². The summed E-state index contributed by atoms with van der Waals surface area (Å²) < 4.78 is 2.36. The van der Waals surface area contributed by atoms with Gasteiger partial charge in [0.25, 0.3) is 0 Å². The molecule has 0 amide bonds. The van der Waals surface area contributed by atoms with Crippen LogP contribution in [0.4, 0.5) is 0 Å². The van der Waals surface area contributed by atoms with E-state index < -0.39 is 0 Å². The van der Waals surface area contributed by atoms with E-state index in [9.17, 15) is 0 Å². The smallest absolute Gasteiger partial charge is 0.109 e. The van der Waals surface area contributed by atoms with Crippen molar-refractivity contribution in [3.05, 3.63) is 24.3 Å². The second kappa shape index (κ2) is 7.55. The minimum atomic E-state index is 0.680. The molecule has 0 aliphatic heterocycles. The van der Waals surface area contributed by atoms with Gasteiger partial charge < -0.3 is 10.3 Å². The van der Waals surface area contributed by atoms with E-state index in [0.29, 0.717) is 11.8 Å². The third kappa shape index (κ3) is 3.82. The molecule has 1 atom stereocenters. The van der Waals surface area contributed by atoms with Crippen molar-refractivity contribution in [3.8, 4) is 0 Å². The predicted molar refractivity (Wildman–Crippen MR) is 88.1 cm³/mol. The maximum Gasteiger partial charge on any atom is 0.109 e. The Labute approximate surface area is 127 Å². The van der Waals surface area contributed by atoms with Crippen molar-refractivity contribution in [2.45, 2.75) is 53.0 Å². The Bertz CT molecular complexity index is 559. The van der Waals surface area contributed by atoms with Gasteiger partial charge in [-0.25, -0.2) is 4.98 Å². The lowest BCUT2D eigenvalue weighted by molar-refractivity contribution is 0.337. The minimum absolute atomic E-state index is 0.680. The number of nitrogens with two attached hydrogens (primary N) is 1. The number of imidazole rings is 1. The summed E-state index contributed by atoms with van der Waals surface area (Å²) in [6, 6.07) is 2.07. The topological polar surface area (TPSA) is 56.7 Å². The summed E-state index contributed by atoms with van der Waals surface area (Å²) in [5.74, 6) is 2.56. The molecule has 4 nitrogen and oxygen atoms in total. The maximum absolute atomic E-state index is 5.75. The number of aryl methyl sites for hydroxylation is 2. The molecule has 1 unspecified atom stereocenters. The molecule has 2 aromatic heterocycles. The highest BCUT2D eigenvalue weighted by Crippen LogP contribution is 2.23. The first-order valence-corrected chi connectivity index (χ1v) is 8.16. The van der Waals surface area contributed by atoms with Gasteiger partial charge in [-0.15, -0.1) is 0 Å². The second-order valence-corrected chi connectivity index (χ2v) is 6.16. The molecule has 21 heavy (non-hydrogen) atoms. The molecular weight excluding hydrogens is 260 g/mol. The van der Waals surface area contributed by atoms with E-state index in [4.69, 9.17) is 10.7 Å². The summed E-state index contributed by atoms with van der Waals surface area (Å²) in [4.78, 5) is 8.98. The van der Waals surface area contributed by atoms with Crippen molar-refractivity contribution in [2.75, 3.05) is 6.54 Å². The van der Waals surface area contributed by atoms with Gasteiger partial charge in [-0.05, 0) is 43.7 Å². The molecule has 0 bridgehead atoms. The summed E-state index contributed by atoms with van der Waals surface area (Å²) in [7, 11) is 0. The Morgan fingerprint density at radius 1 is 1.29 bits per heavy atom. The number of hydrogen-bond acceptors (Lipinski definition) is 3. The molecule has 2 N–H and O–H groups in total. The molecule has 4 heteroatoms. The van der Waals surface area contributed by atoms with Gasteiger partial charge in [-0.2, -0.15) is 0 Å². The van der Waals surface area contributed by atoms with Crippen LogP contribution in [0.15, 0.2) is 18.5 Å². The summed E-state index contributed by atoms with van der Waals surface area (Å²) in [5, 5.41) is 0. The fourth-order valence-corrected chi connectivity index (χ4v) is 3.04. The average Bonchev–Trinajstić information content (AvgIpc) is 2.82. The zero-order valence-electron chi connectivity index (χ0n) is 13.5. The van der Waals surface area contributed by atoms with Gasteiger partial charge >= 0.3 is 0 Å². The number of fused-ring (bicyclic) bond motifs is 1. The highest BCUT2D eigenvalue weighted by Gasteiger charge is 2.16. The quantitative estimate of drug-likeness (QED) is 0.810. The fourth-order valence-electron chi connectivity index (χ4n) is 3.04. The van der Waals surface area contributed by atoms with Gasteiger partial charge in [0.05, 0.1) is 11.7 Å². The Morgan fingerprint density at radius 3 is 2.76 bits per heavy atom. The van der Waals surface area contributed by atoms with Gasteiger partial charge in [0.1, 0.15) is 11.3 Å². The van der Waals surface area contributed by atoms with Crippen molar-refractivity contribution in [2.24, 2.45) is 17.6 Å². The van der Waals surface area contributed by atoms with Crippen LogP contribution in [0.2, 0.25) is 0 Å². The normalized spacial score (nSPS) is 13.2. The van der Waals surface area contributed by atoms with Crippen molar-refractivity contribution in [1.29, 1.82) is 0 Å². The molecule has 116 valence electrons. The van der Waals surface area contributed by atoms with Crippen LogP contribution in [-0.2, 0) is 13.0 Å². The number of aromatic nitrogens is 3. The third-order valence-electron chi connectivity index (χ3n) is 4.30. The van der Waals surface area contributed by atoms with Crippen molar-refractivity contribution in [1.82, 2.24) is 14.5 Å². The highest BCUT2D eigenvalue weighted by molar-refractivity contribution is 5.74. The summed E-state index contributed by atoms with van der Waals surface area (Å²) in [5.41, 5.74) is 7.97. The van der Waals surface area contributed by atoms with Gasteiger partial charge in [0, 0.05) is 19.2 Å². The number of hydrogen-bond donors (Lipinski definition) is 1. The lowest BCUT2D eigenvalue weighted by Crippen LogP contribution is -2.16. The van der Waals surface area contributed by atoms with E-state index in [2.05, 4.69) is 36.4 Å². The minimum Gasteiger partial charge on any atom is -0.330 e. The molecule has 2 aromatic rings. The fraction of sp³-hybridized carbons (Fsp3) is 0.647. The highest BCUT2D eigenvalue weighted by atomic mass is 15.1. The summed E-state index contributed by atoms with van der Waals surface area (Å²) >= 11 is 0. The Morgan fingerprint density at radius 2 is 2.10 bits per heavy atom. The molecule has 0 aliphatic carbocycles. The zero-order valence-corrected chi connectivity index (χ0v) is 13.5. The van der Waals surface area contributed by atoms with E-state index in [1.165, 1.54) is 11.3 Å². The SMILES string of the molecule is CCCn1c(CCC(CCN)C(C)C)nc2cnccc21. The van der Waals surface area contributed by atoms with Crippen LogP contribution in [-0.4, -0.2) is 21.1 Å². The largest absolute Gasteiger partial charge is 0.330 e. The molecule has 0 spiro atoms. The van der Waals surface area contributed by atoms with Crippen molar-refractivity contribution in [3.63, 3.8) is 0 Å². The molecule has 0 radical (unpaired) electrons. The number of pyridine rings is 1. The molecule has 0 aliphatic rings. The van der Waals surface area contributed by atoms with Crippen LogP contribution >= 0.6 is 0 Å². The molecule has 0 saturated carbocycles. The summed E-state index contributed by atoms with van der Waals surface area (Å²) in [6.07, 6.45) is 8.13. The van der Waals surface area contributed by atoms with Crippen LogP contribution in [0.5, 0.6) is 0 Å². The lowest BCUT2D eigenvalue weighted by Gasteiger charge is -2.20. The van der Waals surface area contributed by atoms with E-state index in [1.54, 1.807) is 0 Å². The molecular formula is C17H28N4. The van der Waals surface area contributed by atoms with Gasteiger partial charge in [0.2, 0.25) is 0 Å². The third-order valence-corrected chi connectivity index (χ3v) is 4.30. The Balaban J connectivity index is 2.18. The molecule has 2 heterocycles. The van der Waals surface area contributed by atoms with E-state index >= 15 is 0 Å². The number of rotatable bonds is 8. The van der Waals surface area contributed by atoms with Crippen molar-refractivity contribution < 1.29 is 0 Å². The molecule has 0 aromatic carbocycles. The molecule has 2 rings (SSSR count). The monoisotopic (exact) mass is 288 g/mol. The molecule has 0 fully saturated rings. The van der Waals surface area contributed by atoms with Crippen LogP contribution in [0.25, 0.3) is 11.0 Å². The average molecular weight is 288 g/mol. The maximum atomic E-state index is 5.75. The van der Waals surface area contributed by atoms with Crippen LogP contribution in [0.1, 0.15) is 45.9 Å². The van der Waals surface area contributed by atoms with Gasteiger partial charge in [-0.3, -0.25) is 4.98 Å². The standard InChI is InChI=1S/C17H28N4/c1-4-11-21-16-8-10-19-12-15(16)20-17(21)6-5-14(7-9-18)13(2)3/h8,10,12-14H,4-7,9,11,18H2,1-3H3. The zero-order chi connectivity index (χ0) is 15.2. The lowest BCUT2D eigenvalue weighted by atomic mass is 9.88. The molecule has 0 saturated heterocycles. The first-order valence-electron chi connectivity index (χ1n) is 8.16. The van der Waals surface area contributed by atoms with Crippen LogP contribution in [0, 0.1) is 11.8 Å².